The van der Waals surface area contributed by atoms with E-state index in [-0.39, 0.29) is 0 Å². The first-order valence-electron chi connectivity index (χ1n) is 6.86. The van der Waals surface area contributed by atoms with Gasteiger partial charge in [0.05, 0.1) is 17.3 Å². The van der Waals surface area contributed by atoms with E-state index in [1.54, 1.807) is 13.2 Å². The van der Waals surface area contributed by atoms with E-state index in [4.69, 9.17) is 4.74 Å². The number of hydrogen-bond acceptors (Lipinski definition) is 6. The second-order valence-corrected chi connectivity index (χ2v) is 5.18. The zero-order chi connectivity index (χ0) is 15.2. The lowest BCUT2D eigenvalue weighted by molar-refractivity contribution is 0.397. The van der Waals surface area contributed by atoms with Crippen molar-refractivity contribution < 1.29 is 4.74 Å². The molecule has 21 heavy (non-hydrogen) atoms. The Labute approximate surface area is 132 Å². The van der Waals surface area contributed by atoms with Gasteiger partial charge in [0.2, 0.25) is 5.88 Å². The van der Waals surface area contributed by atoms with Gasteiger partial charge in [-0.3, -0.25) is 0 Å². The minimum absolute atomic E-state index is 0.494. The minimum atomic E-state index is 0.494. The van der Waals surface area contributed by atoms with Crippen LogP contribution in [0.1, 0.15) is 26.0 Å². The van der Waals surface area contributed by atoms with Gasteiger partial charge in [0.25, 0.3) is 0 Å². The van der Waals surface area contributed by atoms with Crippen molar-refractivity contribution in [2.75, 3.05) is 19.0 Å². The molecule has 0 atom stereocenters. The monoisotopic (exact) mass is 351 g/mol. The standard InChI is InChI=1S/C14H18BrN5O/c1-4-6-9-12(15)14(16-5-2)20-13(19-9)10-7-11(21-3)18-8-17-10/h7-8H,4-6H2,1-3H3,(H,16,19,20). The molecular formula is C14H18BrN5O. The molecule has 0 aliphatic rings. The van der Waals surface area contributed by atoms with Crippen molar-refractivity contribution >= 4 is 21.7 Å². The van der Waals surface area contributed by atoms with Crippen LogP contribution in [0.25, 0.3) is 11.5 Å². The first kappa shape index (κ1) is 15.6. The van der Waals surface area contributed by atoms with E-state index in [2.05, 4.69) is 48.1 Å². The van der Waals surface area contributed by atoms with Crippen LogP contribution in [0.4, 0.5) is 5.82 Å². The number of aromatic nitrogens is 4. The van der Waals surface area contributed by atoms with Crippen LogP contribution in [-0.2, 0) is 6.42 Å². The molecule has 6 nitrogen and oxygen atoms in total. The number of hydrogen-bond donors (Lipinski definition) is 1. The predicted molar refractivity (Wildman–Crippen MR) is 85.5 cm³/mol. The summed E-state index contributed by atoms with van der Waals surface area (Å²) in [5.74, 6) is 1.84. The van der Waals surface area contributed by atoms with E-state index in [0.717, 1.165) is 35.4 Å². The average Bonchev–Trinajstić information content (AvgIpc) is 2.51. The Kier molecular flexibility index (Phi) is 5.44. The van der Waals surface area contributed by atoms with E-state index >= 15 is 0 Å². The smallest absolute Gasteiger partial charge is 0.216 e. The third-order valence-electron chi connectivity index (χ3n) is 2.83. The van der Waals surface area contributed by atoms with Gasteiger partial charge in [-0.15, -0.1) is 0 Å². The first-order valence-corrected chi connectivity index (χ1v) is 7.65. The van der Waals surface area contributed by atoms with Crippen LogP contribution in [-0.4, -0.2) is 33.6 Å². The molecule has 0 saturated heterocycles. The molecule has 0 aromatic carbocycles. The normalized spacial score (nSPS) is 10.5. The van der Waals surface area contributed by atoms with Crippen LogP contribution in [0.15, 0.2) is 16.9 Å². The third-order valence-corrected chi connectivity index (χ3v) is 3.66. The number of nitrogens with one attached hydrogen (secondary N) is 1. The van der Waals surface area contributed by atoms with Crippen molar-refractivity contribution in [3.05, 3.63) is 22.6 Å². The maximum absolute atomic E-state index is 5.12. The molecule has 2 aromatic heterocycles. The number of aryl methyl sites for hydroxylation is 1. The molecule has 7 heteroatoms. The SMILES string of the molecule is CCCc1nc(-c2cc(OC)ncn2)nc(NCC)c1Br. The van der Waals surface area contributed by atoms with Crippen molar-refractivity contribution in [3.8, 4) is 17.4 Å². The highest BCUT2D eigenvalue weighted by molar-refractivity contribution is 9.10. The highest BCUT2D eigenvalue weighted by Crippen LogP contribution is 2.28. The molecule has 112 valence electrons. The first-order chi connectivity index (χ1) is 10.2. The predicted octanol–water partition coefficient (Wildman–Crippen LogP) is 3.09. The van der Waals surface area contributed by atoms with E-state index in [9.17, 15) is 0 Å². The molecule has 0 bridgehead atoms. The van der Waals surface area contributed by atoms with Gasteiger partial charge in [-0.05, 0) is 29.3 Å². The highest BCUT2D eigenvalue weighted by Gasteiger charge is 2.14. The lowest BCUT2D eigenvalue weighted by atomic mass is 10.2. The van der Waals surface area contributed by atoms with Crippen molar-refractivity contribution in [3.63, 3.8) is 0 Å². The van der Waals surface area contributed by atoms with Gasteiger partial charge in [0.1, 0.15) is 17.8 Å². The second kappa shape index (κ2) is 7.31. The van der Waals surface area contributed by atoms with Crippen LogP contribution in [0.3, 0.4) is 0 Å². The van der Waals surface area contributed by atoms with Crippen LogP contribution in [0.2, 0.25) is 0 Å². The number of halogens is 1. The van der Waals surface area contributed by atoms with Gasteiger partial charge in [0.15, 0.2) is 5.82 Å². The summed E-state index contributed by atoms with van der Waals surface area (Å²) in [5.41, 5.74) is 1.61. The number of rotatable bonds is 6. The molecule has 2 aromatic rings. The fourth-order valence-electron chi connectivity index (χ4n) is 1.87. The lowest BCUT2D eigenvalue weighted by Crippen LogP contribution is -2.07. The summed E-state index contributed by atoms with van der Waals surface area (Å²) in [6, 6.07) is 1.73. The molecule has 0 spiro atoms. The van der Waals surface area contributed by atoms with Gasteiger partial charge >= 0.3 is 0 Å². The number of ether oxygens (including phenoxy) is 1. The zero-order valence-corrected chi connectivity index (χ0v) is 13.9. The maximum atomic E-state index is 5.12. The molecule has 0 unspecified atom stereocenters. The molecule has 0 radical (unpaired) electrons. The minimum Gasteiger partial charge on any atom is -0.481 e. The fourth-order valence-corrected chi connectivity index (χ4v) is 2.38. The molecule has 0 aliphatic carbocycles. The van der Waals surface area contributed by atoms with E-state index in [1.807, 2.05) is 6.92 Å². The summed E-state index contributed by atoms with van der Waals surface area (Å²) < 4.78 is 6.04. The Morgan fingerprint density at radius 2 is 2.05 bits per heavy atom. The summed E-state index contributed by atoms with van der Waals surface area (Å²) in [4.78, 5) is 17.4. The molecule has 1 N–H and O–H groups in total. The Morgan fingerprint density at radius 1 is 1.24 bits per heavy atom. The van der Waals surface area contributed by atoms with Crippen molar-refractivity contribution in [1.29, 1.82) is 0 Å². The van der Waals surface area contributed by atoms with E-state index in [0.29, 0.717) is 17.4 Å². The quantitative estimate of drug-likeness (QED) is 0.861. The van der Waals surface area contributed by atoms with Gasteiger partial charge in [-0.2, -0.15) is 0 Å². The Hall–Kier alpha value is -1.76. The summed E-state index contributed by atoms with van der Waals surface area (Å²) in [6.07, 6.45) is 3.33. The summed E-state index contributed by atoms with van der Waals surface area (Å²) in [7, 11) is 1.57. The molecule has 0 aliphatic heterocycles. The zero-order valence-electron chi connectivity index (χ0n) is 12.4. The van der Waals surface area contributed by atoms with Gasteiger partial charge < -0.3 is 10.1 Å². The summed E-state index contributed by atoms with van der Waals surface area (Å²) in [6.45, 7) is 4.93. The van der Waals surface area contributed by atoms with Gasteiger partial charge in [-0.25, -0.2) is 19.9 Å². The average molecular weight is 352 g/mol. The van der Waals surface area contributed by atoms with Gasteiger partial charge in [0, 0.05) is 12.6 Å². The Balaban J connectivity index is 2.51. The van der Waals surface area contributed by atoms with Crippen LogP contribution < -0.4 is 10.1 Å². The largest absolute Gasteiger partial charge is 0.481 e. The lowest BCUT2D eigenvalue weighted by Gasteiger charge is -2.11. The summed E-state index contributed by atoms with van der Waals surface area (Å²) in [5, 5.41) is 3.24. The third kappa shape index (κ3) is 3.66. The molecular weight excluding hydrogens is 334 g/mol. The number of methoxy groups -OCH3 is 1. The van der Waals surface area contributed by atoms with Crippen molar-refractivity contribution in [2.45, 2.75) is 26.7 Å². The van der Waals surface area contributed by atoms with E-state index < -0.39 is 0 Å². The van der Waals surface area contributed by atoms with Crippen molar-refractivity contribution in [1.82, 2.24) is 19.9 Å². The van der Waals surface area contributed by atoms with Crippen LogP contribution in [0, 0.1) is 0 Å². The van der Waals surface area contributed by atoms with Crippen LogP contribution >= 0.6 is 15.9 Å². The topological polar surface area (TPSA) is 72.8 Å². The second-order valence-electron chi connectivity index (χ2n) is 4.38. The molecule has 0 amide bonds. The fraction of sp³-hybridized carbons (Fsp3) is 0.429. The molecule has 0 fully saturated rings. The number of nitrogens with zero attached hydrogens (tertiary/aromatic N) is 4. The van der Waals surface area contributed by atoms with Crippen molar-refractivity contribution in [2.24, 2.45) is 0 Å². The van der Waals surface area contributed by atoms with Crippen LogP contribution in [0.5, 0.6) is 5.88 Å². The van der Waals surface area contributed by atoms with E-state index in [1.165, 1.54) is 6.33 Å². The molecule has 2 rings (SSSR count). The number of anilines is 1. The Morgan fingerprint density at radius 3 is 2.71 bits per heavy atom. The summed E-state index contributed by atoms with van der Waals surface area (Å²) >= 11 is 3.57. The molecule has 2 heterocycles. The van der Waals surface area contributed by atoms with Gasteiger partial charge in [-0.1, -0.05) is 13.3 Å². The maximum Gasteiger partial charge on any atom is 0.216 e. The molecule has 0 saturated carbocycles. The Bertz CT molecular complexity index is 593. The highest BCUT2D eigenvalue weighted by atomic mass is 79.9.